The van der Waals surface area contributed by atoms with Crippen LogP contribution in [0.25, 0.3) is 0 Å². The molecule has 0 bridgehead atoms. The number of anilines is 1. The fourth-order valence-corrected chi connectivity index (χ4v) is 3.65. The number of rotatable bonds is 3. The van der Waals surface area contributed by atoms with Crippen molar-refractivity contribution < 1.29 is 9.52 Å². The highest BCUT2D eigenvalue weighted by molar-refractivity contribution is 6.05. The third kappa shape index (κ3) is 3.81. The van der Waals surface area contributed by atoms with Crippen LogP contribution in [0.3, 0.4) is 0 Å². The summed E-state index contributed by atoms with van der Waals surface area (Å²) >= 11 is 0. The molecule has 4 rings (SSSR count). The zero-order chi connectivity index (χ0) is 20.5. The molecule has 0 saturated heterocycles. The Hall–Kier alpha value is -3.34. The van der Waals surface area contributed by atoms with Crippen molar-refractivity contribution >= 4 is 17.1 Å². The lowest BCUT2D eigenvalue weighted by Crippen LogP contribution is -2.20. The highest BCUT2D eigenvalue weighted by atomic mass is 16.4. The van der Waals surface area contributed by atoms with Crippen molar-refractivity contribution in [1.82, 2.24) is 0 Å². The molecule has 0 saturated carbocycles. The lowest BCUT2D eigenvalue weighted by molar-refractivity contribution is 0.432. The van der Waals surface area contributed by atoms with E-state index in [-0.39, 0.29) is 17.4 Å². The lowest BCUT2D eigenvalue weighted by Gasteiger charge is -2.20. The molecular weight excluding hydrogens is 364 g/mol. The van der Waals surface area contributed by atoms with E-state index in [0.29, 0.717) is 23.8 Å². The van der Waals surface area contributed by atoms with E-state index in [4.69, 9.17) is 9.41 Å². The van der Waals surface area contributed by atoms with Crippen LogP contribution in [-0.2, 0) is 0 Å². The third-order valence-corrected chi connectivity index (χ3v) is 5.23. The molecule has 2 aromatic carbocycles. The van der Waals surface area contributed by atoms with Gasteiger partial charge in [-0.25, -0.2) is 4.79 Å². The fraction of sp³-hybridized carbons (Fsp3) is 0.250. The second-order valence-electron chi connectivity index (χ2n) is 7.70. The number of hydrogen-bond donors (Lipinski definition) is 2. The summed E-state index contributed by atoms with van der Waals surface area (Å²) in [6.07, 6.45) is 0.442. The molecule has 0 spiro atoms. The van der Waals surface area contributed by atoms with Crippen molar-refractivity contribution in [2.24, 2.45) is 4.99 Å². The van der Waals surface area contributed by atoms with E-state index in [1.165, 1.54) is 11.6 Å². The minimum atomic E-state index is -0.575. The molecule has 5 heteroatoms. The molecule has 0 amide bonds. The first-order valence-electron chi connectivity index (χ1n) is 9.79. The van der Waals surface area contributed by atoms with Gasteiger partial charge in [-0.3, -0.25) is 4.99 Å². The van der Waals surface area contributed by atoms with Crippen molar-refractivity contribution in [3.63, 3.8) is 0 Å². The van der Waals surface area contributed by atoms with Crippen molar-refractivity contribution in [2.45, 2.75) is 39.2 Å². The van der Waals surface area contributed by atoms with E-state index < -0.39 is 5.63 Å². The normalized spacial score (nSPS) is 16.0. The minimum absolute atomic E-state index is 0.0984. The quantitative estimate of drug-likeness (QED) is 0.625. The Bertz CT molecular complexity index is 1130. The molecule has 0 unspecified atom stereocenters. The molecule has 148 valence electrons. The first-order valence-corrected chi connectivity index (χ1v) is 9.79. The van der Waals surface area contributed by atoms with Gasteiger partial charge in [-0.15, -0.1) is 0 Å². The largest absolute Gasteiger partial charge is 0.507 e. The highest BCUT2D eigenvalue weighted by Crippen LogP contribution is 2.36. The molecule has 0 aliphatic carbocycles. The van der Waals surface area contributed by atoms with Crippen LogP contribution in [0.1, 0.15) is 54.7 Å². The van der Waals surface area contributed by atoms with Crippen LogP contribution in [0.5, 0.6) is 5.75 Å². The van der Waals surface area contributed by atoms with Gasteiger partial charge < -0.3 is 14.8 Å². The molecule has 0 fully saturated rings. The Kier molecular flexibility index (Phi) is 4.97. The molecule has 2 heterocycles. The zero-order valence-electron chi connectivity index (χ0n) is 16.8. The van der Waals surface area contributed by atoms with E-state index in [1.54, 1.807) is 6.92 Å². The Morgan fingerprint density at radius 3 is 2.55 bits per heavy atom. The van der Waals surface area contributed by atoms with Gasteiger partial charge in [-0.2, -0.15) is 0 Å². The van der Waals surface area contributed by atoms with Gasteiger partial charge in [0.15, 0.2) is 0 Å². The fourth-order valence-electron chi connectivity index (χ4n) is 3.65. The molecule has 3 aromatic rings. The summed E-state index contributed by atoms with van der Waals surface area (Å²) in [4.78, 5) is 17.2. The van der Waals surface area contributed by atoms with Gasteiger partial charge in [0, 0.05) is 12.5 Å². The molecule has 1 aliphatic rings. The van der Waals surface area contributed by atoms with Gasteiger partial charge in [0.1, 0.15) is 17.1 Å². The van der Waals surface area contributed by atoms with Crippen LogP contribution in [0.15, 0.2) is 68.8 Å². The molecule has 2 N–H and O–H groups in total. The zero-order valence-corrected chi connectivity index (χ0v) is 16.8. The standard InChI is InChI=1S/C24H24N2O3/c1-14(2)16-8-10-17(11-9-16)20-13-21(23-22(27)12-15(3)29-24(23)28)26-19-7-5-4-6-18(19)25-20/h4-12,14,20,25,27H,13H2,1-3H3/t20-/m1/s1. The third-order valence-electron chi connectivity index (χ3n) is 5.23. The summed E-state index contributed by atoms with van der Waals surface area (Å²) < 4.78 is 5.24. The van der Waals surface area contributed by atoms with Gasteiger partial charge in [0.25, 0.3) is 0 Å². The smallest absolute Gasteiger partial charge is 0.348 e. The average Bonchev–Trinajstić information content (AvgIpc) is 2.87. The number of aliphatic imine (C=N–C) groups is 1. The molecular formula is C24H24N2O3. The van der Waals surface area contributed by atoms with Crippen molar-refractivity contribution in [1.29, 1.82) is 0 Å². The van der Waals surface area contributed by atoms with Gasteiger partial charge in [-0.05, 0) is 36.1 Å². The molecule has 5 nitrogen and oxygen atoms in total. The van der Waals surface area contributed by atoms with Gasteiger partial charge >= 0.3 is 5.63 Å². The van der Waals surface area contributed by atoms with E-state index >= 15 is 0 Å². The van der Waals surface area contributed by atoms with Crippen molar-refractivity contribution in [3.05, 3.63) is 87.5 Å². The van der Waals surface area contributed by atoms with Crippen LogP contribution >= 0.6 is 0 Å². The number of aryl methyl sites for hydroxylation is 1. The Morgan fingerprint density at radius 2 is 1.86 bits per heavy atom. The average molecular weight is 388 g/mol. The Morgan fingerprint density at radius 1 is 1.14 bits per heavy atom. The lowest BCUT2D eigenvalue weighted by atomic mass is 9.95. The Labute approximate surface area is 169 Å². The number of nitrogens with zero attached hydrogens (tertiary/aromatic N) is 1. The summed E-state index contributed by atoms with van der Waals surface area (Å²) in [5, 5.41) is 14.0. The van der Waals surface area contributed by atoms with Gasteiger partial charge in [0.05, 0.1) is 23.1 Å². The number of nitrogens with one attached hydrogen (secondary N) is 1. The van der Waals surface area contributed by atoms with E-state index in [1.807, 2.05) is 24.3 Å². The van der Waals surface area contributed by atoms with Crippen LogP contribution in [0.4, 0.5) is 11.4 Å². The number of hydrogen-bond acceptors (Lipinski definition) is 5. The minimum Gasteiger partial charge on any atom is -0.507 e. The molecule has 29 heavy (non-hydrogen) atoms. The number of benzene rings is 2. The number of fused-ring (bicyclic) bond motifs is 1. The van der Waals surface area contributed by atoms with E-state index in [9.17, 15) is 9.90 Å². The summed E-state index contributed by atoms with van der Waals surface area (Å²) in [5.41, 5.74) is 4.03. The molecule has 1 atom stereocenters. The van der Waals surface area contributed by atoms with Crippen LogP contribution in [0.2, 0.25) is 0 Å². The maximum absolute atomic E-state index is 12.5. The van der Waals surface area contributed by atoms with Crippen molar-refractivity contribution in [2.75, 3.05) is 5.32 Å². The van der Waals surface area contributed by atoms with Crippen LogP contribution in [0, 0.1) is 6.92 Å². The predicted molar refractivity (Wildman–Crippen MR) is 116 cm³/mol. The predicted octanol–water partition coefficient (Wildman–Crippen LogP) is 5.45. The first-order chi connectivity index (χ1) is 13.9. The van der Waals surface area contributed by atoms with Gasteiger partial charge in [-0.1, -0.05) is 50.2 Å². The highest BCUT2D eigenvalue weighted by Gasteiger charge is 2.25. The summed E-state index contributed by atoms with van der Waals surface area (Å²) in [5.74, 6) is 0.716. The second-order valence-corrected chi connectivity index (χ2v) is 7.70. The number of para-hydroxylation sites is 2. The van der Waals surface area contributed by atoms with Crippen LogP contribution in [-0.4, -0.2) is 10.8 Å². The van der Waals surface area contributed by atoms with E-state index in [2.05, 4.69) is 43.4 Å². The van der Waals surface area contributed by atoms with Crippen LogP contribution < -0.4 is 10.9 Å². The maximum atomic E-state index is 12.5. The molecule has 1 aromatic heterocycles. The summed E-state index contributed by atoms with van der Waals surface area (Å²) in [7, 11) is 0. The summed E-state index contributed by atoms with van der Waals surface area (Å²) in [6.45, 7) is 5.97. The Balaban J connectivity index is 1.82. The second kappa shape index (κ2) is 7.59. The monoisotopic (exact) mass is 388 g/mol. The number of aromatic hydroxyl groups is 1. The maximum Gasteiger partial charge on any atom is 0.348 e. The first kappa shape index (κ1) is 19.0. The SMILES string of the molecule is Cc1cc(O)c(C2=Nc3ccccc3N[C@@H](c3ccc(C(C)C)cc3)C2)c(=O)o1. The summed E-state index contributed by atoms with van der Waals surface area (Å²) in [6, 6.07) is 17.5. The van der Waals surface area contributed by atoms with E-state index in [0.717, 1.165) is 16.9 Å². The van der Waals surface area contributed by atoms with Crippen molar-refractivity contribution in [3.8, 4) is 5.75 Å². The topological polar surface area (TPSA) is 74.8 Å². The molecule has 0 radical (unpaired) electrons. The molecule has 1 aliphatic heterocycles. The van der Waals surface area contributed by atoms with Gasteiger partial charge in [0.2, 0.25) is 0 Å².